The van der Waals surface area contributed by atoms with Crippen LogP contribution in [0.15, 0.2) is 0 Å². The molecule has 405 valence electrons. The Morgan fingerprint density at radius 2 is 0.636 bits per heavy atom. The van der Waals surface area contributed by atoms with Gasteiger partial charge in [-0.2, -0.15) is 0 Å². The number of ether oxygens (including phenoxy) is 3. The summed E-state index contributed by atoms with van der Waals surface area (Å²) in [6.45, 7) is 33.2. The Hall–Kier alpha value is -3.78. The van der Waals surface area contributed by atoms with Gasteiger partial charge in [-0.3, -0.25) is 54.3 Å². The summed E-state index contributed by atoms with van der Waals surface area (Å²) in [5.74, 6) is -0.220. The fraction of sp³-hybridized carbons (Fsp3) is 0.829. The van der Waals surface area contributed by atoms with Crippen LogP contribution in [0.2, 0.25) is 0 Å². The van der Waals surface area contributed by atoms with E-state index in [2.05, 4.69) is 24.8 Å². The molecule has 0 aromatic rings. The summed E-state index contributed by atoms with van der Waals surface area (Å²) in [7, 11) is 10.5. The second kappa shape index (κ2) is 214. The van der Waals surface area contributed by atoms with Crippen LogP contribution in [0.3, 0.4) is 0 Å². The molecule has 0 saturated heterocycles. The monoisotopic (exact) mass is 1140 g/mol. The first-order valence-electron chi connectivity index (χ1n) is 18.8. The first-order chi connectivity index (χ1) is 27.0. The number of esters is 3. The molecule has 0 aliphatic carbocycles. The van der Waals surface area contributed by atoms with E-state index in [1.165, 1.54) is 42.1 Å². The Bertz CT molecular complexity index is 711. The summed E-state index contributed by atoms with van der Waals surface area (Å²) >= 11 is 0. The molecule has 0 aromatic heterocycles. The van der Waals surface area contributed by atoms with Crippen molar-refractivity contribution in [2.24, 2.45) is 0 Å². The number of carbonyl (C=O) groups excluding carboxylic acids is 5. The molecule has 0 rings (SSSR count). The predicted molar refractivity (Wildman–Crippen MR) is 280 cm³/mol. The van der Waals surface area contributed by atoms with Crippen LogP contribution >= 0.6 is 0 Å². The molecule has 9 radical (unpaired) electrons. The molecule has 0 aliphatic heterocycles. The maximum absolute atomic E-state index is 10.8. The van der Waals surface area contributed by atoms with Crippen molar-refractivity contribution < 1.29 is 83.9 Å². The Kier molecular flexibility index (Phi) is 491. The molecule has 0 unspecified atom stereocenters. The average Bonchev–Trinajstić information content (AvgIpc) is 3.20. The van der Waals surface area contributed by atoms with Crippen LogP contribution in [0, 0.1) is 37.8 Å². The van der Waals surface area contributed by atoms with Crippen LogP contribution in [0.25, 0.3) is 0 Å². The van der Waals surface area contributed by atoms with E-state index in [0.29, 0.717) is 32.2 Å². The van der Waals surface area contributed by atoms with E-state index in [1.807, 2.05) is 111 Å². The van der Waals surface area contributed by atoms with Crippen LogP contribution in [-0.2, 0) is 64.0 Å². The summed E-state index contributed by atoms with van der Waals surface area (Å²) in [5.41, 5.74) is 0. The van der Waals surface area contributed by atoms with Gasteiger partial charge in [-0.1, -0.05) is 126 Å². The molecule has 0 spiro atoms. The molecule has 0 bridgehead atoms. The molecule has 0 aliphatic rings. The van der Waals surface area contributed by atoms with Crippen LogP contribution in [0.1, 0.15) is 172 Å². The smallest absolute Gasteiger partial charge is 0.665 e. The Balaban J connectivity index is -0.0000000146. The molecule has 0 saturated carbocycles. The van der Waals surface area contributed by atoms with Crippen molar-refractivity contribution in [2.75, 3.05) is 63.2 Å². The van der Waals surface area contributed by atoms with E-state index < -0.39 is 14.8 Å². The Morgan fingerprint density at radius 3 is 0.682 bits per heavy atom. The third-order valence-corrected chi connectivity index (χ3v) is 2.92. The van der Waals surface area contributed by atoms with E-state index in [9.17, 15) is 24.0 Å². The van der Waals surface area contributed by atoms with Gasteiger partial charge < -0.3 is 42.2 Å². The van der Waals surface area contributed by atoms with Crippen LogP contribution in [0.5, 0.6) is 0 Å². The zero-order chi connectivity index (χ0) is 51.1. The molecule has 0 amide bonds. The van der Waals surface area contributed by atoms with Crippen molar-refractivity contribution in [3.05, 3.63) is 37.8 Å². The molecule has 25 heteroatoms. The Labute approximate surface area is 427 Å². The number of aliphatic hydroxyl groups excluding tert-OH is 1. The maximum Gasteiger partial charge on any atom is 2.00 e. The van der Waals surface area contributed by atoms with Crippen LogP contribution in [0.4, 0.5) is 0 Å². The minimum absolute atomic E-state index is 0. The molecule has 21 nitrogen and oxygen atoms in total. The average molecular weight is 1140 g/mol. The van der Waals surface area contributed by atoms with E-state index in [-0.39, 0.29) is 105 Å². The summed E-state index contributed by atoms with van der Waals surface area (Å²) in [6, 6.07) is 0. The normalized spacial score (nSPS) is 5.65. The summed E-state index contributed by atoms with van der Waals surface area (Å²) < 4.78 is 12.3. The number of nitrogens with one attached hydrogen (secondary N) is 2. The van der Waals surface area contributed by atoms with Gasteiger partial charge in [0, 0.05) is 93.1 Å². The number of carbonyl (C=O) groups is 5. The van der Waals surface area contributed by atoms with Gasteiger partial charge in [0.1, 0.15) is 11.6 Å². The van der Waals surface area contributed by atoms with Gasteiger partial charge >= 0.3 is 39.0 Å². The molecule has 3 N–H and O–H groups in total. The summed E-state index contributed by atoms with van der Waals surface area (Å²) in [4.78, 5) is 83.5. The SMILES string of the molecule is C.C.C.CC.CC.CC.CC.CC.CC.CCC(=O)CCCC(=O)CC.CNCNC.COC(C)=O.COC(C)=O.COC(C)=O.C[N+](=O)[O-].C[N+](=O)[O-].C[N+](=O)[O-].O=[C-]O.[B].[B].[B].[CH3-].[W+2]. The third kappa shape index (κ3) is 1040. The van der Waals surface area contributed by atoms with Crippen molar-refractivity contribution in [2.45, 2.75) is 172 Å². The van der Waals surface area contributed by atoms with Gasteiger partial charge in [-0.05, 0) is 20.5 Å². The van der Waals surface area contributed by atoms with E-state index in [1.54, 1.807) is 0 Å². The van der Waals surface area contributed by atoms with Crippen LogP contribution < -0.4 is 10.6 Å². The Morgan fingerprint density at radius 1 is 0.530 bits per heavy atom. The zero-order valence-corrected chi connectivity index (χ0v) is 47.2. The van der Waals surface area contributed by atoms with Crippen molar-refractivity contribution in [3.63, 3.8) is 0 Å². The van der Waals surface area contributed by atoms with Gasteiger partial charge in [0.15, 0.2) is 21.1 Å². The van der Waals surface area contributed by atoms with E-state index in [4.69, 9.17) is 40.2 Å². The zero-order valence-electron chi connectivity index (χ0n) is 44.3. The van der Waals surface area contributed by atoms with Crippen molar-refractivity contribution in [1.29, 1.82) is 0 Å². The van der Waals surface area contributed by atoms with Gasteiger partial charge in [0.05, 0.1) is 21.3 Å². The third-order valence-electron chi connectivity index (χ3n) is 2.92. The van der Waals surface area contributed by atoms with Gasteiger partial charge in [0.25, 0.3) is 0 Å². The molecule has 0 heterocycles. The number of nitrogens with zero attached hydrogens (tertiary/aromatic N) is 3. The largest absolute Gasteiger partial charge is 2.00 e. The number of methoxy groups -OCH3 is 3. The van der Waals surface area contributed by atoms with E-state index in [0.717, 1.165) is 34.2 Å². The fourth-order valence-corrected chi connectivity index (χ4v) is 1.01. The molecule has 0 aromatic carbocycles. The number of Topliss-reactive ketones (excluding diaryl/α,β-unsaturated/α-hetero) is 2. The molecule has 0 fully saturated rings. The standard InChI is InChI=1S/C9H16O2.C3H10N2.3C3H6O2.6C2H6.3CH3NO2.CHO2.3CH4.CH3.3B.W/c1-3-8(10)6-5-7-9(11)4-2;1-4-3-5-2;3*1-3(4)5-2;6*1-2;3*1-2(3)4;2-1-3;;;;;;;;/h3-7H2,1-2H3;4-5H,3H2,1-2H3;3*1-2H3;6*1-2H3;3*1H3;(H,2,3);3*1H4;1H3;;;;/q;;;;;;;;;;;;;;-1;;;;-1;;;;+2. The first kappa shape index (κ1) is 152. The number of hydrogen-bond donors (Lipinski definition) is 3. The van der Waals surface area contributed by atoms with Gasteiger partial charge in [-0.25, -0.2) is 0 Å². The quantitative estimate of drug-likeness (QED) is 0.0389. The second-order valence-corrected chi connectivity index (χ2v) is 7.02. The number of ketones is 2. The molecule has 66 heavy (non-hydrogen) atoms. The number of hydrogen-bond acceptors (Lipinski definition) is 17. The number of rotatable bonds is 8. The molecular weight excluding hydrogens is 1030 g/mol. The fourth-order valence-electron chi connectivity index (χ4n) is 1.01. The van der Waals surface area contributed by atoms with E-state index >= 15 is 0 Å². The summed E-state index contributed by atoms with van der Waals surface area (Å²) in [6.07, 6.45) is 3.07. The topological polar surface area (TPSA) is 304 Å². The number of nitro groups is 3. The predicted octanol–water partition coefficient (Wildman–Crippen LogP) is 8.70. The molecular formula is C41H105B3N5O16W. The second-order valence-electron chi connectivity index (χ2n) is 7.02. The van der Waals surface area contributed by atoms with Crippen molar-refractivity contribution in [1.82, 2.24) is 10.6 Å². The first-order valence-corrected chi connectivity index (χ1v) is 18.8. The van der Waals surface area contributed by atoms with Gasteiger partial charge in [0.2, 0.25) is 0 Å². The maximum atomic E-state index is 10.8. The van der Waals surface area contributed by atoms with Gasteiger partial charge in [-0.15, -0.1) is 0 Å². The van der Waals surface area contributed by atoms with Crippen LogP contribution in [-0.4, -0.2) is 144 Å². The molecule has 0 atom stereocenters. The summed E-state index contributed by atoms with van der Waals surface area (Å²) in [5, 5.41) is 39.0. The minimum atomic E-state index is -0.500. The van der Waals surface area contributed by atoms with Crippen molar-refractivity contribution in [3.8, 4) is 0 Å². The van der Waals surface area contributed by atoms with Crippen molar-refractivity contribution >= 4 is 61.2 Å². The minimum Gasteiger partial charge on any atom is -0.665 e.